The first-order valence-electron chi connectivity index (χ1n) is 7.93. The highest BCUT2D eigenvalue weighted by molar-refractivity contribution is 8.13. The van der Waals surface area contributed by atoms with Gasteiger partial charge in [-0.05, 0) is 6.92 Å². The van der Waals surface area contributed by atoms with Gasteiger partial charge < -0.3 is 8.86 Å². The van der Waals surface area contributed by atoms with Crippen LogP contribution in [0.3, 0.4) is 0 Å². The largest absolute Gasteiger partial charge is 0.480 e. The number of ether oxygens (including phenoxy) is 1. The zero-order valence-corrected chi connectivity index (χ0v) is 18.0. The van der Waals surface area contributed by atoms with E-state index in [0.29, 0.717) is 12.2 Å². The summed E-state index contributed by atoms with van der Waals surface area (Å²) in [5, 5.41) is 0. The minimum Gasteiger partial charge on any atom is -0.462 e. The predicted octanol–water partition coefficient (Wildman–Crippen LogP) is 2.19. The first-order valence-corrected chi connectivity index (χ1v) is 10.8. The number of sulfonamides is 2. The molecule has 0 fully saturated rings. The molecule has 0 aliphatic rings. The third kappa shape index (κ3) is 8.86. The van der Waals surface area contributed by atoms with Crippen LogP contribution in [0.2, 0.25) is 0 Å². The SMILES string of the molecule is C=C(C)C(=O)OCCCn1cc[n+](C)c1C.O=S(=O)([N-]S(=O)(=O)C(F)(F)F)C(F)(F)F. The molecule has 0 atom stereocenters. The van der Waals surface area contributed by atoms with Crippen LogP contribution < -0.4 is 4.57 Å². The summed E-state index contributed by atoms with van der Waals surface area (Å²) in [6, 6.07) is 0. The van der Waals surface area contributed by atoms with Crippen LogP contribution in [0.5, 0.6) is 0 Å². The van der Waals surface area contributed by atoms with Gasteiger partial charge in [0.05, 0.1) is 20.2 Å². The molecule has 0 aromatic carbocycles. The second-order valence-corrected chi connectivity index (χ2v) is 9.26. The van der Waals surface area contributed by atoms with Gasteiger partial charge in [0, 0.05) is 18.9 Å². The monoisotopic (exact) mass is 503 g/mol. The van der Waals surface area contributed by atoms with Gasteiger partial charge in [0.2, 0.25) is 0 Å². The van der Waals surface area contributed by atoms with Gasteiger partial charge in [-0.25, -0.2) is 30.8 Å². The Labute approximate surface area is 174 Å². The summed E-state index contributed by atoms with van der Waals surface area (Å²) >= 11 is 0. The highest BCUT2D eigenvalue weighted by Crippen LogP contribution is 2.36. The van der Waals surface area contributed by atoms with Crippen molar-refractivity contribution in [2.45, 2.75) is 37.8 Å². The summed E-state index contributed by atoms with van der Waals surface area (Å²) in [7, 11) is -11.4. The Bertz CT molecular complexity index is 955. The second kappa shape index (κ2) is 10.4. The van der Waals surface area contributed by atoms with Gasteiger partial charge in [0.15, 0.2) is 20.0 Å². The Kier molecular flexibility index (Phi) is 9.73. The number of esters is 1. The van der Waals surface area contributed by atoms with Crippen molar-refractivity contribution in [3.05, 3.63) is 34.5 Å². The summed E-state index contributed by atoms with van der Waals surface area (Å²) < 4.78 is 118. The van der Waals surface area contributed by atoms with E-state index in [1.54, 1.807) is 6.92 Å². The highest BCUT2D eigenvalue weighted by atomic mass is 32.3. The maximum Gasteiger partial charge on any atom is 0.480 e. The van der Waals surface area contributed by atoms with Crippen LogP contribution in [0.15, 0.2) is 24.5 Å². The van der Waals surface area contributed by atoms with E-state index < -0.39 is 31.1 Å². The van der Waals surface area contributed by atoms with Gasteiger partial charge in [-0.15, -0.1) is 0 Å². The van der Waals surface area contributed by atoms with Crippen molar-refractivity contribution in [1.29, 1.82) is 0 Å². The van der Waals surface area contributed by atoms with Crippen molar-refractivity contribution in [2.24, 2.45) is 7.05 Å². The standard InChI is InChI=1S/C12H19N2O2.C2F6NO4S2/c1-10(2)12(15)16-9-5-6-14-8-7-13(4)11(14)3;3-1(4,5)14(10,11)9-15(12,13)2(6,7)8/h7-8H,1,5-6,9H2,2-4H3;/q+1;-1. The van der Waals surface area contributed by atoms with E-state index in [1.807, 2.05) is 19.4 Å². The number of hydrogen-bond acceptors (Lipinski definition) is 6. The Hall–Kier alpha value is -2.14. The summed E-state index contributed by atoms with van der Waals surface area (Å²) in [5.41, 5.74) is -12.0. The zero-order chi connectivity index (χ0) is 24.8. The summed E-state index contributed by atoms with van der Waals surface area (Å²) in [4.78, 5) is 11.1. The molecule has 0 amide bonds. The molecule has 31 heavy (non-hydrogen) atoms. The maximum atomic E-state index is 11.4. The molecule has 0 N–H and O–H groups in total. The lowest BCUT2D eigenvalue weighted by Gasteiger charge is -2.22. The van der Waals surface area contributed by atoms with Gasteiger partial charge in [-0.2, -0.15) is 26.3 Å². The molecule has 0 aliphatic carbocycles. The van der Waals surface area contributed by atoms with E-state index in [0.717, 1.165) is 17.1 Å². The molecular formula is C14H19F6N3O6S2. The number of imidazole rings is 1. The van der Waals surface area contributed by atoms with Crippen molar-refractivity contribution >= 4 is 26.0 Å². The lowest BCUT2D eigenvalue weighted by Crippen LogP contribution is -2.30. The molecule has 0 saturated heterocycles. The molecule has 0 unspecified atom stereocenters. The third-order valence-electron chi connectivity index (χ3n) is 3.30. The minimum atomic E-state index is -6.72. The van der Waals surface area contributed by atoms with E-state index in [9.17, 15) is 48.0 Å². The molecule has 9 nitrogen and oxygen atoms in total. The number of nitrogens with zero attached hydrogens (tertiary/aromatic N) is 3. The molecule has 1 rings (SSSR count). The Morgan fingerprint density at radius 1 is 1.13 bits per heavy atom. The van der Waals surface area contributed by atoms with Crippen LogP contribution in [0.25, 0.3) is 4.13 Å². The molecule has 0 aliphatic heterocycles. The van der Waals surface area contributed by atoms with Crippen LogP contribution in [0.4, 0.5) is 26.3 Å². The molecular weight excluding hydrogens is 484 g/mol. The molecule has 0 radical (unpaired) electrons. The van der Waals surface area contributed by atoms with Crippen LogP contribution in [-0.2, 0) is 43.2 Å². The lowest BCUT2D eigenvalue weighted by atomic mass is 10.3. The lowest BCUT2D eigenvalue weighted by molar-refractivity contribution is -0.677. The third-order valence-corrected chi connectivity index (χ3v) is 6.04. The predicted molar refractivity (Wildman–Crippen MR) is 94.0 cm³/mol. The van der Waals surface area contributed by atoms with Crippen molar-refractivity contribution in [3.8, 4) is 0 Å². The van der Waals surface area contributed by atoms with Crippen LogP contribution >= 0.6 is 0 Å². The minimum absolute atomic E-state index is 0.310. The normalized spacial score (nSPS) is 12.7. The van der Waals surface area contributed by atoms with E-state index in [2.05, 4.69) is 22.6 Å². The highest BCUT2D eigenvalue weighted by Gasteiger charge is 2.46. The van der Waals surface area contributed by atoms with Crippen LogP contribution in [0.1, 0.15) is 19.2 Å². The van der Waals surface area contributed by atoms with Crippen molar-refractivity contribution < 1.29 is 57.3 Å². The Morgan fingerprint density at radius 3 is 1.90 bits per heavy atom. The molecule has 0 bridgehead atoms. The molecule has 1 heterocycles. The number of aryl methyl sites for hydroxylation is 2. The van der Waals surface area contributed by atoms with Crippen molar-refractivity contribution in [3.63, 3.8) is 0 Å². The fourth-order valence-corrected chi connectivity index (χ4v) is 3.28. The number of carbonyl (C=O) groups is 1. The average Bonchev–Trinajstić information content (AvgIpc) is 2.88. The zero-order valence-electron chi connectivity index (χ0n) is 16.4. The van der Waals surface area contributed by atoms with E-state index in [4.69, 9.17) is 4.74 Å². The van der Waals surface area contributed by atoms with Gasteiger partial charge >= 0.3 is 17.0 Å². The first kappa shape index (κ1) is 28.9. The number of hydrogen-bond donors (Lipinski definition) is 0. The number of alkyl halides is 6. The second-order valence-electron chi connectivity index (χ2n) is 5.84. The fourth-order valence-electron chi connectivity index (χ4n) is 1.57. The molecule has 180 valence electrons. The van der Waals surface area contributed by atoms with Crippen LogP contribution in [-0.4, -0.2) is 45.0 Å². The number of rotatable bonds is 7. The summed E-state index contributed by atoms with van der Waals surface area (Å²) in [6.07, 6.45) is 4.85. The Morgan fingerprint density at radius 2 is 1.58 bits per heavy atom. The topological polar surface area (TPSA) is 117 Å². The smallest absolute Gasteiger partial charge is 0.462 e. The maximum absolute atomic E-state index is 11.4. The van der Waals surface area contributed by atoms with E-state index >= 15 is 0 Å². The molecule has 0 spiro atoms. The molecule has 17 heteroatoms. The summed E-state index contributed by atoms with van der Waals surface area (Å²) in [6.45, 7) is 8.53. The van der Waals surface area contributed by atoms with E-state index in [-0.39, 0.29) is 5.97 Å². The van der Waals surface area contributed by atoms with Gasteiger partial charge in [-0.1, -0.05) is 6.58 Å². The number of aromatic nitrogens is 2. The molecule has 0 saturated carbocycles. The van der Waals surface area contributed by atoms with E-state index in [1.165, 1.54) is 5.82 Å². The quantitative estimate of drug-likeness (QED) is 0.185. The van der Waals surface area contributed by atoms with Crippen molar-refractivity contribution in [1.82, 2.24) is 4.57 Å². The van der Waals surface area contributed by atoms with Crippen molar-refractivity contribution in [2.75, 3.05) is 6.61 Å². The van der Waals surface area contributed by atoms with Gasteiger partial charge in [0.25, 0.3) is 5.82 Å². The van der Waals surface area contributed by atoms with Gasteiger partial charge in [0.1, 0.15) is 12.4 Å². The number of halogens is 6. The van der Waals surface area contributed by atoms with Gasteiger partial charge in [-0.3, -0.25) is 0 Å². The Balaban J connectivity index is 0.000000582. The average molecular weight is 503 g/mol. The van der Waals surface area contributed by atoms with Crippen LogP contribution in [0, 0.1) is 6.92 Å². The number of carbonyl (C=O) groups excluding carboxylic acids is 1. The molecule has 1 aromatic rings. The summed E-state index contributed by atoms with van der Waals surface area (Å²) in [5.74, 6) is 0.876. The fraction of sp³-hybridized carbons (Fsp3) is 0.571. The molecule has 1 aromatic heterocycles. The first-order chi connectivity index (χ1) is 13.7.